The molecule has 2 amide bonds. The number of carbonyl (C=O) groups is 2. The van der Waals surface area contributed by atoms with Gasteiger partial charge in [0.1, 0.15) is 29.3 Å². The first-order valence-corrected chi connectivity index (χ1v) is 11.8. The number of rotatable bonds is 7. The maximum Gasteiger partial charge on any atom is 0.422 e. The molecule has 6 nitrogen and oxygen atoms in total. The van der Waals surface area contributed by atoms with E-state index in [2.05, 4.69) is 5.32 Å². The number of nitrogens with two attached hydrogens (primary N) is 1. The van der Waals surface area contributed by atoms with Gasteiger partial charge >= 0.3 is 12.4 Å². The molecule has 1 atom stereocenters. The van der Waals surface area contributed by atoms with Crippen molar-refractivity contribution in [3.63, 3.8) is 0 Å². The largest absolute Gasteiger partial charge is 0.458 e. The number of ether oxygens (including phenoxy) is 1. The molecule has 1 unspecified atom stereocenters. The molecule has 3 N–H and O–H groups in total. The zero-order chi connectivity index (χ0) is 27.6. The smallest absolute Gasteiger partial charge is 0.422 e. The molecule has 0 aliphatic carbocycles. The highest BCUT2D eigenvalue weighted by Gasteiger charge is 2.55. The number of halogens is 6. The van der Waals surface area contributed by atoms with Crippen LogP contribution in [0.25, 0.3) is 0 Å². The van der Waals surface area contributed by atoms with E-state index in [1.165, 1.54) is 0 Å². The molecule has 2 aromatic rings. The molecule has 1 fully saturated rings. The molecule has 4 rings (SSSR count). The van der Waals surface area contributed by atoms with Gasteiger partial charge in [-0.3, -0.25) is 19.8 Å². The normalized spacial score (nSPS) is 19.7. The summed E-state index contributed by atoms with van der Waals surface area (Å²) in [7, 11) is 0. The number of likely N-dealkylation sites (tertiary alicyclic amines) is 1. The molecule has 202 valence electrons. The minimum atomic E-state index is -4.80. The molecule has 38 heavy (non-hydrogen) atoms. The molecule has 0 spiro atoms. The molecule has 0 saturated carbocycles. The average Bonchev–Trinajstić information content (AvgIpc) is 3.52. The summed E-state index contributed by atoms with van der Waals surface area (Å²) in [5.41, 5.74) is -3.89. The Labute approximate surface area is 213 Å². The second-order valence-electron chi connectivity index (χ2n) is 8.81. The second-order valence-corrected chi connectivity index (χ2v) is 8.81. The summed E-state index contributed by atoms with van der Waals surface area (Å²) in [4.78, 5) is 27.8. The van der Waals surface area contributed by atoms with Crippen molar-refractivity contribution in [3.05, 3.63) is 89.3 Å². The van der Waals surface area contributed by atoms with E-state index < -0.39 is 46.6 Å². The van der Waals surface area contributed by atoms with E-state index in [1.807, 2.05) is 30.3 Å². The quantitative estimate of drug-likeness (QED) is 0.527. The van der Waals surface area contributed by atoms with Crippen molar-refractivity contribution >= 4 is 11.8 Å². The van der Waals surface area contributed by atoms with Crippen LogP contribution in [0.5, 0.6) is 5.75 Å². The molecule has 2 aliphatic rings. The fraction of sp³-hybridized carbons (Fsp3) is 0.308. The highest BCUT2D eigenvalue weighted by molar-refractivity contribution is 6.02. The highest BCUT2D eigenvalue weighted by atomic mass is 19.4. The van der Waals surface area contributed by atoms with Crippen molar-refractivity contribution in [2.45, 2.75) is 37.3 Å². The second kappa shape index (κ2) is 10.5. The van der Waals surface area contributed by atoms with Crippen LogP contribution in [0.15, 0.2) is 78.1 Å². The topological polar surface area (TPSA) is 75.2 Å². The SMILES string of the molecule is O=C(C1=C[NH2+]C=C1C(F)(F)F)N1CCCC1(Oc1ccc(C(F)(F)F)cc1)C(=O)NCCc1ccccc1. The summed E-state index contributed by atoms with van der Waals surface area (Å²) in [6, 6.07) is 12.7. The fourth-order valence-electron chi connectivity index (χ4n) is 4.46. The third-order valence-corrected chi connectivity index (χ3v) is 6.30. The Kier molecular flexibility index (Phi) is 7.54. The molecule has 0 bridgehead atoms. The lowest BCUT2D eigenvalue weighted by Crippen LogP contribution is -2.69. The Morgan fingerprint density at radius 1 is 0.947 bits per heavy atom. The van der Waals surface area contributed by atoms with E-state index in [0.717, 1.165) is 52.4 Å². The van der Waals surface area contributed by atoms with Gasteiger partial charge in [0, 0.05) is 19.5 Å². The Hall–Kier alpha value is -3.80. The standard InChI is InChI=1S/C26H23F6N3O3/c27-25(28,29)18-7-9-19(10-8-18)38-24(23(37)34-13-11-17-5-2-1-3-6-17)12-4-14-35(24)22(36)20-15-33-16-21(20)26(30,31)32/h1-3,5-10,15-16,33H,4,11-14H2,(H,34,37)/p+1. The number of nitrogens with one attached hydrogen (secondary N) is 1. The monoisotopic (exact) mass is 540 g/mol. The summed E-state index contributed by atoms with van der Waals surface area (Å²) < 4.78 is 85.5. The maximum absolute atomic E-state index is 13.5. The molecule has 2 heterocycles. The van der Waals surface area contributed by atoms with Gasteiger partial charge in [-0.1, -0.05) is 30.3 Å². The van der Waals surface area contributed by atoms with Crippen molar-refractivity contribution in [2.75, 3.05) is 13.1 Å². The fourth-order valence-corrected chi connectivity index (χ4v) is 4.46. The number of hydrogen-bond donors (Lipinski definition) is 2. The molecule has 1 saturated heterocycles. The summed E-state index contributed by atoms with van der Waals surface area (Å²) >= 11 is 0. The van der Waals surface area contributed by atoms with Crippen molar-refractivity contribution < 1.29 is 46.0 Å². The van der Waals surface area contributed by atoms with Crippen molar-refractivity contribution in [3.8, 4) is 5.75 Å². The Morgan fingerprint density at radius 2 is 1.63 bits per heavy atom. The number of alkyl halides is 6. The van der Waals surface area contributed by atoms with E-state index in [1.54, 1.807) is 0 Å². The van der Waals surface area contributed by atoms with Crippen LogP contribution in [0.1, 0.15) is 24.0 Å². The molecular formula is C26H24F6N3O3+. The summed E-state index contributed by atoms with van der Waals surface area (Å²) in [6.45, 7) is 0.0429. The van der Waals surface area contributed by atoms with Gasteiger partial charge in [-0.15, -0.1) is 0 Å². The van der Waals surface area contributed by atoms with Crippen LogP contribution in [-0.2, 0) is 22.2 Å². The van der Waals surface area contributed by atoms with Gasteiger partial charge in [0.2, 0.25) is 0 Å². The molecule has 2 aromatic carbocycles. The van der Waals surface area contributed by atoms with Crippen molar-refractivity contribution in [1.82, 2.24) is 10.2 Å². The Morgan fingerprint density at radius 3 is 2.26 bits per heavy atom. The zero-order valence-corrected chi connectivity index (χ0v) is 19.9. The number of nitrogens with zero attached hydrogens (tertiary/aromatic N) is 1. The lowest BCUT2D eigenvalue weighted by atomic mass is 10.0. The van der Waals surface area contributed by atoms with E-state index in [0.29, 0.717) is 6.42 Å². The van der Waals surface area contributed by atoms with Gasteiger partial charge in [-0.25, -0.2) is 0 Å². The predicted molar refractivity (Wildman–Crippen MR) is 123 cm³/mol. The van der Waals surface area contributed by atoms with E-state index in [4.69, 9.17) is 4.74 Å². The lowest BCUT2D eigenvalue weighted by Gasteiger charge is -2.37. The number of hydrogen-bond acceptors (Lipinski definition) is 3. The van der Waals surface area contributed by atoms with Gasteiger partial charge in [0.05, 0.1) is 5.56 Å². The zero-order valence-electron chi connectivity index (χ0n) is 19.9. The van der Waals surface area contributed by atoms with Crippen molar-refractivity contribution in [1.29, 1.82) is 0 Å². The first-order valence-electron chi connectivity index (χ1n) is 11.8. The minimum absolute atomic E-state index is 0.0704. The first kappa shape index (κ1) is 27.2. The molecule has 0 radical (unpaired) electrons. The Bertz CT molecular complexity index is 1240. The minimum Gasteiger partial charge on any atom is -0.458 e. The number of amides is 2. The van der Waals surface area contributed by atoms with Crippen LogP contribution >= 0.6 is 0 Å². The predicted octanol–water partition coefficient (Wildman–Crippen LogP) is 3.67. The van der Waals surface area contributed by atoms with Crippen LogP contribution in [0.4, 0.5) is 26.3 Å². The first-order chi connectivity index (χ1) is 17.9. The Balaban J connectivity index is 1.62. The lowest BCUT2D eigenvalue weighted by molar-refractivity contribution is -0.511. The third-order valence-electron chi connectivity index (χ3n) is 6.30. The molecule has 12 heteroatoms. The van der Waals surface area contributed by atoms with Crippen LogP contribution in [0.3, 0.4) is 0 Å². The van der Waals surface area contributed by atoms with E-state index in [9.17, 15) is 35.9 Å². The van der Waals surface area contributed by atoms with Crippen LogP contribution in [0.2, 0.25) is 0 Å². The van der Waals surface area contributed by atoms with Gasteiger partial charge in [0.25, 0.3) is 17.5 Å². The number of benzene rings is 2. The van der Waals surface area contributed by atoms with Gasteiger partial charge in [0.15, 0.2) is 0 Å². The summed E-state index contributed by atoms with van der Waals surface area (Å²) in [6.07, 6.45) is -7.05. The highest BCUT2D eigenvalue weighted by Crippen LogP contribution is 2.38. The van der Waals surface area contributed by atoms with Gasteiger partial charge < -0.3 is 10.1 Å². The molecule has 2 aliphatic heterocycles. The van der Waals surface area contributed by atoms with Gasteiger partial charge in [-0.05, 0) is 42.7 Å². The molecular weight excluding hydrogens is 516 g/mol. The van der Waals surface area contributed by atoms with Gasteiger partial charge in [-0.2, -0.15) is 26.3 Å². The van der Waals surface area contributed by atoms with E-state index >= 15 is 0 Å². The number of carbonyl (C=O) groups excluding carboxylic acids is 2. The van der Waals surface area contributed by atoms with Crippen LogP contribution < -0.4 is 15.4 Å². The third kappa shape index (κ3) is 5.69. The van der Waals surface area contributed by atoms with Crippen LogP contribution in [-0.4, -0.2) is 41.7 Å². The molecule has 0 aromatic heterocycles. The van der Waals surface area contributed by atoms with Crippen molar-refractivity contribution in [2.24, 2.45) is 0 Å². The maximum atomic E-state index is 13.5. The average molecular weight is 540 g/mol. The van der Waals surface area contributed by atoms with E-state index in [-0.39, 0.29) is 31.7 Å². The summed E-state index contributed by atoms with van der Waals surface area (Å²) in [5.74, 6) is -1.99. The van der Waals surface area contributed by atoms with Crippen LogP contribution in [0, 0.1) is 0 Å². The summed E-state index contributed by atoms with van der Waals surface area (Å²) in [5, 5.41) is 3.77. The number of quaternary nitrogens is 1.